The first-order chi connectivity index (χ1) is 9.24. The molecule has 0 aliphatic rings. The van der Waals surface area contributed by atoms with E-state index in [1.807, 2.05) is 0 Å². The summed E-state index contributed by atoms with van der Waals surface area (Å²) >= 11 is 17.4. The molecule has 0 N–H and O–H groups in total. The highest BCUT2D eigenvalue weighted by molar-refractivity contribution is 6.73. The fourth-order valence-electron chi connectivity index (χ4n) is 2.52. The third kappa shape index (κ3) is 10.4. The van der Waals surface area contributed by atoms with Crippen molar-refractivity contribution in [3.8, 4) is 0 Å². The Labute approximate surface area is 135 Å². The molecular formula is C14H29Cl3OSi. The molecule has 0 spiro atoms. The van der Waals surface area contributed by atoms with Gasteiger partial charge in [-0.25, -0.2) is 0 Å². The summed E-state index contributed by atoms with van der Waals surface area (Å²) in [7, 11) is -1.58. The van der Waals surface area contributed by atoms with Gasteiger partial charge in [-0.3, -0.25) is 0 Å². The van der Waals surface area contributed by atoms with Gasteiger partial charge in [-0.05, 0) is 44.3 Å². The zero-order valence-corrected chi connectivity index (χ0v) is 15.5. The van der Waals surface area contributed by atoms with Crippen LogP contribution in [0.4, 0.5) is 0 Å². The van der Waals surface area contributed by atoms with Gasteiger partial charge in [-0.2, -0.15) is 0 Å². The molecule has 1 nitrogen and oxygen atoms in total. The van der Waals surface area contributed by atoms with Crippen LogP contribution in [0.15, 0.2) is 0 Å². The van der Waals surface area contributed by atoms with Gasteiger partial charge in [-0.1, -0.05) is 19.3 Å². The Hall–Kier alpha value is 1.05. The Morgan fingerprint density at radius 2 is 1.05 bits per heavy atom. The van der Waals surface area contributed by atoms with Crippen molar-refractivity contribution in [2.45, 2.75) is 63.6 Å². The summed E-state index contributed by atoms with van der Waals surface area (Å²) in [6.45, 7) is 2.96. The van der Waals surface area contributed by atoms with Crippen molar-refractivity contribution in [3.63, 3.8) is 0 Å². The number of alkyl halides is 3. The van der Waals surface area contributed by atoms with Gasteiger partial charge in [0.25, 0.3) is 0 Å². The number of unbranched alkanes of at least 4 members (excludes halogenated alkanes) is 3. The van der Waals surface area contributed by atoms with Crippen molar-refractivity contribution in [2.75, 3.05) is 24.2 Å². The molecule has 116 valence electrons. The van der Waals surface area contributed by atoms with E-state index in [1.54, 1.807) is 0 Å². The maximum Gasteiger partial charge on any atom is 0.192 e. The van der Waals surface area contributed by atoms with Crippen molar-refractivity contribution in [1.29, 1.82) is 0 Å². The topological polar surface area (TPSA) is 9.23 Å². The molecule has 0 aliphatic carbocycles. The first kappa shape index (κ1) is 20.0. The molecule has 5 heteroatoms. The van der Waals surface area contributed by atoms with Gasteiger partial charge < -0.3 is 4.43 Å². The molecule has 0 amide bonds. The van der Waals surface area contributed by atoms with Gasteiger partial charge in [0.2, 0.25) is 0 Å². The van der Waals surface area contributed by atoms with Crippen LogP contribution in [0, 0.1) is 0 Å². The Morgan fingerprint density at radius 1 is 0.684 bits per heavy atom. The SMILES string of the molecule is CCO[Si](CCCCCl)(CCCCCl)CCCCCl. The molecule has 0 saturated heterocycles. The second-order valence-corrected chi connectivity index (χ2v) is 10.3. The average Bonchev–Trinajstić information content (AvgIpc) is 2.40. The van der Waals surface area contributed by atoms with Gasteiger partial charge in [-0.15, -0.1) is 34.8 Å². The molecule has 0 radical (unpaired) electrons. The molecule has 0 fully saturated rings. The monoisotopic (exact) mass is 346 g/mol. The van der Waals surface area contributed by atoms with E-state index in [2.05, 4.69) is 6.92 Å². The van der Waals surface area contributed by atoms with Crippen LogP contribution >= 0.6 is 34.8 Å². The second kappa shape index (κ2) is 14.0. The largest absolute Gasteiger partial charge is 0.417 e. The van der Waals surface area contributed by atoms with E-state index in [9.17, 15) is 0 Å². The number of halogens is 3. The van der Waals surface area contributed by atoms with E-state index in [0.717, 1.165) is 43.5 Å². The van der Waals surface area contributed by atoms with Gasteiger partial charge in [0.1, 0.15) is 0 Å². The molecule has 0 bridgehead atoms. The Morgan fingerprint density at radius 3 is 1.32 bits per heavy atom. The van der Waals surface area contributed by atoms with Gasteiger partial charge in [0.15, 0.2) is 8.32 Å². The third-order valence-electron chi connectivity index (χ3n) is 3.50. The van der Waals surface area contributed by atoms with Crippen molar-refractivity contribution < 1.29 is 4.43 Å². The lowest BCUT2D eigenvalue weighted by molar-refractivity contribution is 0.314. The summed E-state index contributed by atoms with van der Waals surface area (Å²) in [5.41, 5.74) is 0. The fraction of sp³-hybridized carbons (Fsp3) is 1.00. The number of hydrogen-bond acceptors (Lipinski definition) is 1. The smallest absolute Gasteiger partial charge is 0.192 e. The second-order valence-electron chi connectivity index (χ2n) is 5.05. The van der Waals surface area contributed by atoms with Gasteiger partial charge >= 0.3 is 0 Å². The maximum atomic E-state index is 6.28. The Balaban J connectivity index is 4.37. The predicted molar refractivity (Wildman–Crippen MR) is 91.7 cm³/mol. The first-order valence-corrected chi connectivity index (χ1v) is 11.7. The molecule has 0 aromatic heterocycles. The molecule has 0 aromatic carbocycles. The minimum atomic E-state index is -1.58. The van der Waals surface area contributed by atoms with E-state index in [0.29, 0.717) is 0 Å². The first-order valence-electron chi connectivity index (χ1n) is 7.56. The lowest BCUT2D eigenvalue weighted by atomic mass is 10.4. The molecule has 0 atom stereocenters. The third-order valence-corrected chi connectivity index (χ3v) is 9.00. The minimum Gasteiger partial charge on any atom is -0.417 e. The molecule has 19 heavy (non-hydrogen) atoms. The van der Waals surface area contributed by atoms with E-state index < -0.39 is 8.32 Å². The van der Waals surface area contributed by atoms with Crippen LogP contribution in [0.2, 0.25) is 18.1 Å². The van der Waals surface area contributed by atoms with E-state index in [4.69, 9.17) is 39.2 Å². The molecule has 0 rings (SSSR count). The van der Waals surface area contributed by atoms with Crippen LogP contribution in [-0.2, 0) is 4.43 Å². The summed E-state index contributed by atoms with van der Waals surface area (Å²) in [5, 5.41) is 0. The maximum absolute atomic E-state index is 6.28. The summed E-state index contributed by atoms with van der Waals surface area (Å²) in [5.74, 6) is 2.29. The highest BCUT2D eigenvalue weighted by Crippen LogP contribution is 2.29. The van der Waals surface area contributed by atoms with Crippen LogP contribution in [0.3, 0.4) is 0 Å². The fourth-order valence-corrected chi connectivity index (χ4v) is 7.57. The Kier molecular flexibility index (Phi) is 14.8. The standard InChI is InChI=1S/C14H29Cl3OSi/c1-2-18-19(12-6-3-9-15,13-7-4-10-16)14-8-5-11-17/h2-14H2,1H3. The van der Waals surface area contributed by atoms with Crippen LogP contribution in [0.1, 0.15) is 45.4 Å². The molecule has 0 heterocycles. The van der Waals surface area contributed by atoms with Crippen LogP contribution < -0.4 is 0 Å². The molecule has 0 unspecified atom stereocenters. The summed E-state index contributed by atoms with van der Waals surface area (Å²) in [6, 6.07) is 3.74. The van der Waals surface area contributed by atoms with Crippen molar-refractivity contribution >= 4 is 43.1 Å². The lowest BCUT2D eigenvalue weighted by Gasteiger charge is -2.31. The summed E-state index contributed by atoms with van der Waals surface area (Å²) < 4.78 is 6.28. The van der Waals surface area contributed by atoms with Gasteiger partial charge in [0, 0.05) is 24.2 Å². The molecular weight excluding hydrogens is 319 g/mol. The summed E-state index contributed by atoms with van der Waals surface area (Å²) in [4.78, 5) is 0. The molecule has 0 saturated carbocycles. The van der Waals surface area contributed by atoms with E-state index >= 15 is 0 Å². The summed E-state index contributed by atoms with van der Waals surface area (Å²) in [6.07, 6.45) is 6.93. The zero-order chi connectivity index (χ0) is 14.4. The normalized spacial score (nSPS) is 12.0. The van der Waals surface area contributed by atoms with Gasteiger partial charge in [0.05, 0.1) is 0 Å². The average molecular weight is 348 g/mol. The zero-order valence-electron chi connectivity index (χ0n) is 12.2. The quantitative estimate of drug-likeness (QED) is 0.212. The highest BCUT2D eigenvalue weighted by atomic mass is 35.5. The molecule has 0 aromatic rings. The van der Waals surface area contributed by atoms with Crippen LogP contribution in [0.25, 0.3) is 0 Å². The van der Waals surface area contributed by atoms with Crippen molar-refractivity contribution in [1.82, 2.24) is 0 Å². The van der Waals surface area contributed by atoms with E-state index in [-0.39, 0.29) is 0 Å². The lowest BCUT2D eigenvalue weighted by Crippen LogP contribution is -2.38. The number of hydrogen-bond donors (Lipinski definition) is 0. The van der Waals surface area contributed by atoms with E-state index in [1.165, 1.54) is 37.4 Å². The van der Waals surface area contributed by atoms with Crippen molar-refractivity contribution in [2.24, 2.45) is 0 Å². The molecule has 0 aliphatic heterocycles. The van der Waals surface area contributed by atoms with Crippen molar-refractivity contribution in [3.05, 3.63) is 0 Å². The van der Waals surface area contributed by atoms with Crippen LogP contribution in [-0.4, -0.2) is 32.6 Å². The predicted octanol–water partition coefficient (Wildman–Crippen LogP) is 6.03. The number of rotatable bonds is 14. The van der Waals surface area contributed by atoms with Crippen LogP contribution in [0.5, 0.6) is 0 Å². The Bertz CT molecular complexity index is 167. The highest BCUT2D eigenvalue weighted by Gasteiger charge is 2.32. The minimum absolute atomic E-state index is 0.764.